The van der Waals surface area contributed by atoms with E-state index in [2.05, 4.69) is 24.4 Å². The number of hydrogen-bond acceptors (Lipinski definition) is 2. The molecule has 0 aliphatic heterocycles. The number of carbonyl (C=O) groups is 1. The number of carbonyl (C=O) groups excluding carboxylic acids is 1. The van der Waals surface area contributed by atoms with Crippen LogP contribution in [0.2, 0.25) is 0 Å². The van der Waals surface area contributed by atoms with E-state index in [0.717, 1.165) is 12.8 Å². The molecule has 0 aromatic heterocycles. The van der Waals surface area contributed by atoms with Gasteiger partial charge >= 0.3 is 0 Å². The van der Waals surface area contributed by atoms with E-state index < -0.39 is 0 Å². The minimum absolute atomic E-state index is 0.0534. The lowest BCUT2D eigenvalue weighted by Crippen LogP contribution is -2.42. The largest absolute Gasteiger partial charge is 0.352 e. The zero-order valence-electron chi connectivity index (χ0n) is 10.2. The van der Waals surface area contributed by atoms with E-state index in [9.17, 15) is 4.79 Å². The van der Waals surface area contributed by atoms with Crippen LogP contribution >= 0.6 is 0 Å². The zero-order chi connectivity index (χ0) is 12.3. The van der Waals surface area contributed by atoms with Crippen molar-refractivity contribution in [1.29, 1.82) is 0 Å². The summed E-state index contributed by atoms with van der Waals surface area (Å²) in [4.78, 5) is 11.8. The van der Waals surface area contributed by atoms with Gasteiger partial charge in [0, 0.05) is 18.5 Å². The van der Waals surface area contributed by atoms with Gasteiger partial charge in [-0.05, 0) is 24.3 Å². The minimum Gasteiger partial charge on any atom is -0.352 e. The minimum atomic E-state index is 0.0534. The summed E-state index contributed by atoms with van der Waals surface area (Å²) in [5.41, 5.74) is 6.92. The van der Waals surface area contributed by atoms with E-state index in [0.29, 0.717) is 12.5 Å². The lowest BCUT2D eigenvalue weighted by Gasteiger charge is -2.17. The molecule has 0 radical (unpaired) electrons. The average molecular weight is 232 g/mol. The molecule has 2 rings (SSSR count). The Morgan fingerprint density at radius 2 is 2.12 bits per heavy atom. The van der Waals surface area contributed by atoms with Gasteiger partial charge in [-0.1, -0.05) is 37.3 Å². The van der Waals surface area contributed by atoms with Gasteiger partial charge in [-0.25, -0.2) is 0 Å². The fraction of sp³-hybridized carbons (Fsp3) is 0.500. The van der Waals surface area contributed by atoms with Crippen LogP contribution in [0, 0.1) is 11.8 Å². The Morgan fingerprint density at radius 3 is 2.65 bits per heavy atom. The lowest BCUT2D eigenvalue weighted by molar-refractivity contribution is -0.123. The molecule has 92 valence electrons. The molecule has 1 saturated carbocycles. The molecule has 3 N–H and O–H groups in total. The molecule has 3 unspecified atom stereocenters. The van der Waals surface area contributed by atoms with Crippen LogP contribution in [-0.2, 0) is 11.2 Å². The van der Waals surface area contributed by atoms with Gasteiger partial charge in [-0.15, -0.1) is 0 Å². The van der Waals surface area contributed by atoms with E-state index in [1.165, 1.54) is 5.56 Å². The smallest absolute Gasteiger partial charge is 0.223 e. The molecule has 1 aliphatic rings. The van der Waals surface area contributed by atoms with E-state index in [1.807, 2.05) is 18.2 Å². The van der Waals surface area contributed by atoms with E-state index in [-0.39, 0.29) is 17.9 Å². The van der Waals surface area contributed by atoms with Gasteiger partial charge in [-0.2, -0.15) is 0 Å². The Kier molecular flexibility index (Phi) is 3.79. The second kappa shape index (κ2) is 5.32. The van der Waals surface area contributed by atoms with Crippen LogP contribution < -0.4 is 11.1 Å². The first-order valence-electron chi connectivity index (χ1n) is 6.25. The maximum Gasteiger partial charge on any atom is 0.223 e. The maximum absolute atomic E-state index is 11.8. The number of hydrogen-bond donors (Lipinski definition) is 2. The van der Waals surface area contributed by atoms with Crippen molar-refractivity contribution >= 4 is 5.91 Å². The molecule has 1 amide bonds. The number of nitrogens with two attached hydrogens (primary N) is 1. The third-order valence-corrected chi connectivity index (χ3v) is 3.40. The first kappa shape index (κ1) is 12.1. The predicted octanol–water partition coefficient (Wildman–Crippen LogP) is 1.33. The Balaban J connectivity index is 1.86. The van der Waals surface area contributed by atoms with Crippen LogP contribution in [0.3, 0.4) is 0 Å². The molecule has 3 atom stereocenters. The predicted molar refractivity (Wildman–Crippen MR) is 68.4 cm³/mol. The number of benzene rings is 1. The summed E-state index contributed by atoms with van der Waals surface area (Å²) in [6.07, 6.45) is 1.83. The third-order valence-electron chi connectivity index (χ3n) is 3.40. The lowest BCUT2D eigenvalue weighted by atomic mass is 10.1. The highest BCUT2D eigenvalue weighted by atomic mass is 16.2. The van der Waals surface area contributed by atoms with Gasteiger partial charge in [0.05, 0.1) is 0 Å². The van der Waals surface area contributed by atoms with Crippen LogP contribution in [0.15, 0.2) is 30.3 Å². The monoisotopic (exact) mass is 232 g/mol. The number of rotatable bonds is 5. The Morgan fingerprint density at radius 1 is 1.47 bits per heavy atom. The fourth-order valence-corrected chi connectivity index (χ4v) is 2.09. The highest BCUT2D eigenvalue weighted by Crippen LogP contribution is 2.37. The molecular formula is C14H20N2O. The molecule has 1 aliphatic carbocycles. The topological polar surface area (TPSA) is 55.1 Å². The Bertz CT molecular complexity index is 377. The summed E-state index contributed by atoms with van der Waals surface area (Å²) < 4.78 is 0. The first-order valence-corrected chi connectivity index (χ1v) is 6.25. The average Bonchev–Trinajstić information content (AvgIpc) is 3.07. The maximum atomic E-state index is 11.8. The summed E-state index contributed by atoms with van der Waals surface area (Å²) in [5, 5.41) is 3.04. The van der Waals surface area contributed by atoms with Crippen LogP contribution in [0.25, 0.3) is 0 Å². The molecule has 3 nitrogen and oxygen atoms in total. The van der Waals surface area contributed by atoms with Crippen molar-refractivity contribution in [2.45, 2.75) is 25.8 Å². The van der Waals surface area contributed by atoms with Crippen LogP contribution in [0.5, 0.6) is 0 Å². The van der Waals surface area contributed by atoms with Gasteiger partial charge in [0.2, 0.25) is 5.91 Å². The second-order valence-corrected chi connectivity index (χ2v) is 4.95. The summed E-state index contributed by atoms with van der Waals surface area (Å²) >= 11 is 0. The van der Waals surface area contributed by atoms with Gasteiger partial charge in [-0.3, -0.25) is 4.79 Å². The van der Waals surface area contributed by atoms with Crippen molar-refractivity contribution in [1.82, 2.24) is 5.32 Å². The zero-order valence-corrected chi connectivity index (χ0v) is 10.2. The standard InChI is InChI=1S/C14H20N2O/c1-10-7-13(10)14(17)16-12(9-15)8-11-5-3-2-4-6-11/h2-6,10,12-13H,7-9,15H2,1H3,(H,16,17). The summed E-state index contributed by atoms with van der Waals surface area (Å²) in [6.45, 7) is 2.60. The van der Waals surface area contributed by atoms with E-state index in [1.54, 1.807) is 0 Å². The fourth-order valence-electron chi connectivity index (χ4n) is 2.09. The van der Waals surface area contributed by atoms with Crippen LogP contribution in [0.4, 0.5) is 0 Å². The molecule has 17 heavy (non-hydrogen) atoms. The molecule has 0 saturated heterocycles. The highest BCUT2D eigenvalue weighted by molar-refractivity contribution is 5.81. The van der Waals surface area contributed by atoms with Crippen molar-refractivity contribution < 1.29 is 4.79 Å². The molecule has 1 aromatic carbocycles. The summed E-state index contributed by atoms with van der Waals surface area (Å²) in [5.74, 6) is 0.939. The van der Waals surface area contributed by atoms with E-state index in [4.69, 9.17) is 5.73 Å². The first-order chi connectivity index (χ1) is 8.20. The van der Waals surface area contributed by atoms with E-state index >= 15 is 0 Å². The highest BCUT2D eigenvalue weighted by Gasteiger charge is 2.39. The van der Waals surface area contributed by atoms with Gasteiger partial charge in [0.25, 0.3) is 0 Å². The molecule has 0 bridgehead atoms. The Labute approximate surface area is 102 Å². The molecule has 0 heterocycles. The SMILES string of the molecule is CC1CC1C(=O)NC(CN)Cc1ccccc1. The second-order valence-electron chi connectivity index (χ2n) is 4.95. The molecule has 1 fully saturated rings. The summed E-state index contributed by atoms with van der Waals surface area (Å²) in [6, 6.07) is 10.2. The summed E-state index contributed by atoms with van der Waals surface area (Å²) in [7, 11) is 0. The van der Waals surface area contributed by atoms with Crippen molar-refractivity contribution in [3.63, 3.8) is 0 Å². The normalized spacial score (nSPS) is 24.1. The molecule has 0 spiro atoms. The third kappa shape index (κ3) is 3.30. The molecular weight excluding hydrogens is 212 g/mol. The number of nitrogens with one attached hydrogen (secondary N) is 1. The molecule has 1 aromatic rings. The number of amides is 1. The van der Waals surface area contributed by atoms with Crippen molar-refractivity contribution in [3.05, 3.63) is 35.9 Å². The van der Waals surface area contributed by atoms with Gasteiger partial charge in [0.1, 0.15) is 0 Å². The van der Waals surface area contributed by atoms with Gasteiger partial charge < -0.3 is 11.1 Å². The Hall–Kier alpha value is -1.35. The molecule has 3 heteroatoms. The van der Waals surface area contributed by atoms with Gasteiger partial charge in [0.15, 0.2) is 0 Å². The van der Waals surface area contributed by atoms with Crippen LogP contribution in [-0.4, -0.2) is 18.5 Å². The van der Waals surface area contributed by atoms with Crippen molar-refractivity contribution in [2.75, 3.05) is 6.54 Å². The van der Waals surface area contributed by atoms with Crippen molar-refractivity contribution in [3.8, 4) is 0 Å². The quantitative estimate of drug-likeness (QED) is 0.804. The van der Waals surface area contributed by atoms with Crippen molar-refractivity contribution in [2.24, 2.45) is 17.6 Å². The van der Waals surface area contributed by atoms with Crippen LogP contribution in [0.1, 0.15) is 18.9 Å².